The SMILES string of the molecule is Cc1nnc2c(N3CCCC(=O)C3)nccn12. The summed E-state index contributed by atoms with van der Waals surface area (Å²) in [5.74, 6) is 1.84. The van der Waals surface area contributed by atoms with Gasteiger partial charge in [-0.2, -0.15) is 0 Å². The van der Waals surface area contributed by atoms with Crippen LogP contribution in [0.3, 0.4) is 0 Å². The van der Waals surface area contributed by atoms with Crippen LogP contribution in [0.25, 0.3) is 5.65 Å². The average Bonchev–Trinajstić information content (AvgIpc) is 2.71. The Bertz CT molecular complexity index is 576. The molecule has 88 valence electrons. The van der Waals surface area contributed by atoms with Gasteiger partial charge >= 0.3 is 0 Å². The maximum absolute atomic E-state index is 11.5. The number of fused-ring (bicyclic) bond motifs is 1. The third kappa shape index (κ3) is 1.65. The molecule has 3 rings (SSSR count). The fourth-order valence-corrected chi connectivity index (χ4v) is 2.17. The quantitative estimate of drug-likeness (QED) is 0.719. The van der Waals surface area contributed by atoms with Gasteiger partial charge in [-0.05, 0) is 13.3 Å². The Morgan fingerprint density at radius 3 is 3.06 bits per heavy atom. The van der Waals surface area contributed by atoms with E-state index in [2.05, 4.69) is 15.2 Å². The van der Waals surface area contributed by atoms with Crippen LogP contribution in [0, 0.1) is 6.92 Å². The molecule has 0 radical (unpaired) electrons. The Balaban J connectivity index is 2.07. The molecule has 0 atom stereocenters. The number of aryl methyl sites for hydroxylation is 1. The zero-order chi connectivity index (χ0) is 11.8. The van der Waals surface area contributed by atoms with Gasteiger partial charge in [-0.25, -0.2) is 4.98 Å². The van der Waals surface area contributed by atoms with Crippen molar-refractivity contribution < 1.29 is 4.79 Å². The predicted molar refractivity (Wildman–Crippen MR) is 62.0 cm³/mol. The molecule has 1 fully saturated rings. The van der Waals surface area contributed by atoms with Gasteiger partial charge in [0.2, 0.25) is 5.65 Å². The molecule has 2 aromatic rings. The molecule has 6 heteroatoms. The van der Waals surface area contributed by atoms with Crippen molar-refractivity contribution in [1.82, 2.24) is 19.6 Å². The van der Waals surface area contributed by atoms with Gasteiger partial charge in [0, 0.05) is 25.4 Å². The van der Waals surface area contributed by atoms with Gasteiger partial charge in [-0.15, -0.1) is 10.2 Å². The number of aromatic nitrogens is 4. The molecule has 3 heterocycles. The van der Waals surface area contributed by atoms with Crippen LogP contribution in [0.15, 0.2) is 12.4 Å². The Hall–Kier alpha value is -1.98. The van der Waals surface area contributed by atoms with E-state index < -0.39 is 0 Å². The predicted octanol–water partition coefficient (Wildman–Crippen LogP) is 0.602. The van der Waals surface area contributed by atoms with Crippen LogP contribution in [0.4, 0.5) is 5.82 Å². The first-order valence-corrected chi connectivity index (χ1v) is 5.69. The summed E-state index contributed by atoms with van der Waals surface area (Å²) < 4.78 is 1.89. The first-order valence-electron chi connectivity index (χ1n) is 5.69. The molecule has 0 aliphatic carbocycles. The van der Waals surface area contributed by atoms with Crippen LogP contribution in [-0.4, -0.2) is 38.5 Å². The average molecular weight is 231 g/mol. The summed E-state index contributed by atoms with van der Waals surface area (Å²) in [4.78, 5) is 17.8. The number of piperidine rings is 1. The Morgan fingerprint density at radius 1 is 1.35 bits per heavy atom. The van der Waals surface area contributed by atoms with E-state index >= 15 is 0 Å². The molecular weight excluding hydrogens is 218 g/mol. The van der Waals surface area contributed by atoms with E-state index in [1.807, 2.05) is 22.4 Å². The number of nitrogens with zero attached hydrogens (tertiary/aromatic N) is 5. The lowest BCUT2D eigenvalue weighted by Gasteiger charge is -2.26. The van der Waals surface area contributed by atoms with E-state index in [1.54, 1.807) is 6.20 Å². The van der Waals surface area contributed by atoms with Crippen molar-refractivity contribution in [1.29, 1.82) is 0 Å². The topological polar surface area (TPSA) is 63.4 Å². The molecular formula is C11H13N5O. The monoisotopic (exact) mass is 231 g/mol. The minimum Gasteiger partial charge on any atom is -0.346 e. The Labute approximate surface area is 98.3 Å². The molecule has 0 unspecified atom stereocenters. The fraction of sp³-hybridized carbons (Fsp3) is 0.455. The van der Waals surface area contributed by atoms with Gasteiger partial charge in [0.1, 0.15) is 5.82 Å². The number of rotatable bonds is 1. The molecule has 2 aromatic heterocycles. The highest BCUT2D eigenvalue weighted by molar-refractivity contribution is 5.85. The van der Waals surface area contributed by atoms with Crippen molar-refractivity contribution in [3.63, 3.8) is 0 Å². The van der Waals surface area contributed by atoms with Gasteiger partial charge < -0.3 is 4.90 Å². The molecule has 0 amide bonds. The van der Waals surface area contributed by atoms with E-state index in [9.17, 15) is 4.79 Å². The van der Waals surface area contributed by atoms with E-state index in [0.29, 0.717) is 13.0 Å². The largest absolute Gasteiger partial charge is 0.346 e. The van der Waals surface area contributed by atoms with Gasteiger partial charge in [0.25, 0.3) is 0 Å². The lowest BCUT2D eigenvalue weighted by atomic mass is 10.1. The molecule has 1 aliphatic rings. The number of carbonyl (C=O) groups excluding carboxylic acids is 1. The molecule has 0 spiro atoms. The maximum atomic E-state index is 11.5. The van der Waals surface area contributed by atoms with Crippen LogP contribution >= 0.6 is 0 Å². The first-order chi connectivity index (χ1) is 8.25. The molecule has 0 N–H and O–H groups in total. The van der Waals surface area contributed by atoms with Crippen molar-refractivity contribution in [2.24, 2.45) is 0 Å². The van der Waals surface area contributed by atoms with Crippen LogP contribution in [-0.2, 0) is 4.79 Å². The molecule has 1 aliphatic heterocycles. The minimum atomic E-state index is 0.260. The summed E-state index contributed by atoms with van der Waals surface area (Å²) in [5, 5.41) is 8.15. The zero-order valence-electron chi connectivity index (χ0n) is 9.63. The fourth-order valence-electron chi connectivity index (χ4n) is 2.17. The molecule has 17 heavy (non-hydrogen) atoms. The molecule has 0 aromatic carbocycles. The first kappa shape index (κ1) is 10.2. The Kier molecular flexibility index (Phi) is 2.28. The summed E-state index contributed by atoms with van der Waals surface area (Å²) in [6.07, 6.45) is 5.11. The molecule has 6 nitrogen and oxygen atoms in total. The van der Waals surface area contributed by atoms with Gasteiger partial charge in [-0.1, -0.05) is 0 Å². The Morgan fingerprint density at radius 2 is 2.24 bits per heavy atom. The maximum Gasteiger partial charge on any atom is 0.203 e. The summed E-state index contributed by atoms with van der Waals surface area (Å²) in [6, 6.07) is 0. The highest BCUT2D eigenvalue weighted by Gasteiger charge is 2.21. The van der Waals surface area contributed by atoms with Gasteiger partial charge in [-0.3, -0.25) is 9.20 Å². The highest BCUT2D eigenvalue weighted by atomic mass is 16.1. The second-order valence-electron chi connectivity index (χ2n) is 4.26. The summed E-state index contributed by atoms with van der Waals surface area (Å²) in [7, 11) is 0. The van der Waals surface area contributed by atoms with Crippen molar-refractivity contribution in [2.45, 2.75) is 19.8 Å². The van der Waals surface area contributed by atoms with Crippen LogP contribution < -0.4 is 4.90 Å². The smallest absolute Gasteiger partial charge is 0.203 e. The number of ketones is 1. The third-order valence-corrected chi connectivity index (χ3v) is 3.03. The molecule has 0 saturated carbocycles. The number of Topliss-reactive ketones (excluding diaryl/α,β-unsaturated/α-hetero) is 1. The summed E-state index contributed by atoms with van der Waals surface area (Å²) in [5.41, 5.74) is 0.722. The van der Waals surface area contributed by atoms with Crippen molar-refractivity contribution in [2.75, 3.05) is 18.0 Å². The van der Waals surface area contributed by atoms with Gasteiger partial charge in [0.15, 0.2) is 11.6 Å². The summed E-state index contributed by atoms with van der Waals surface area (Å²) >= 11 is 0. The highest BCUT2D eigenvalue weighted by Crippen LogP contribution is 2.20. The summed E-state index contributed by atoms with van der Waals surface area (Å²) in [6.45, 7) is 3.17. The lowest BCUT2D eigenvalue weighted by molar-refractivity contribution is -0.118. The number of hydrogen-bond donors (Lipinski definition) is 0. The van der Waals surface area contributed by atoms with E-state index in [-0.39, 0.29) is 5.78 Å². The molecule has 0 bridgehead atoms. The number of anilines is 1. The van der Waals surface area contributed by atoms with E-state index in [4.69, 9.17) is 0 Å². The van der Waals surface area contributed by atoms with E-state index in [1.165, 1.54) is 0 Å². The lowest BCUT2D eigenvalue weighted by Crippen LogP contribution is -2.36. The van der Waals surface area contributed by atoms with Crippen molar-refractivity contribution in [3.8, 4) is 0 Å². The van der Waals surface area contributed by atoms with Crippen LogP contribution in [0.2, 0.25) is 0 Å². The normalized spacial score (nSPS) is 16.8. The minimum absolute atomic E-state index is 0.260. The van der Waals surface area contributed by atoms with Crippen LogP contribution in [0.5, 0.6) is 0 Å². The second-order valence-corrected chi connectivity index (χ2v) is 4.26. The standard InChI is InChI=1S/C11H13N5O/c1-8-13-14-11-10(12-4-6-16(8)11)15-5-2-3-9(17)7-15/h4,6H,2-3,5,7H2,1H3. The van der Waals surface area contributed by atoms with Crippen molar-refractivity contribution >= 4 is 17.2 Å². The van der Waals surface area contributed by atoms with Gasteiger partial charge in [0.05, 0.1) is 6.54 Å². The van der Waals surface area contributed by atoms with E-state index in [0.717, 1.165) is 30.3 Å². The number of hydrogen-bond acceptors (Lipinski definition) is 5. The number of carbonyl (C=O) groups is 1. The third-order valence-electron chi connectivity index (χ3n) is 3.03. The van der Waals surface area contributed by atoms with Crippen LogP contribution in [0.1, 0.15) is 18.7 Å². The molecule has 1 saturated heterocycles. The zero-order valence-corrected chi connectivity index (χ0v) is 9.63. The second kappa shape index (κ2) is 3.80. The van der Waals surface area contributed by atoms with Crippen molar-refractivity contribution in [3.05, 3.63) is 18.2 Å².